The van der Waals surface area contributed by atoms with Crippen molar-refractivity contribution in [2.45, 2.75) is 32.1 Å². The van der Waals surface area contributed by atoms with Crippen LogP contribution in [-0.4, -0.2) is 25.4 Å². The van der Waals surface area contributed by atoms with Gasteiger partial charge in [0.15, 0.2) is 0 Å². The Bertz CT molecular complexity index is 456. The van der Waals surface area contributed by atoms with Crippen LogP contribution >= 0.6 is 11.6 Å². The molecule has 0 aliphatic heterocycles. The average Bonchev–Trinajstić information content (AvgIpc) is 2.53. The molecule has 1 aromatic carbocycles. The molecule has 4 heteroatoms. The van der Waals surface area contributed by atoms with Crippen LogP contribution < -0.4 is 10.1 Å². The van der Waals surface area contributed by atoms with Gasteiger partial charge in [-0.15, -0.1) is 11.6 Å². The largest absolute Gasteiger partial charge is 0.497 e. The topological polar surface area (TPSA) is 38.3 Å². The van der Waals surface area contributed by atoms with E-state index in [1.807, 2.05) is 12.1 Å². The number of alkyl halides is 1. The van der Waals surface area contributed by atoms with Gasteiger partial charge in [-0.2, -0.15) is 0 Å². The van der Waals surface area contributed by atoms with E-state index in [4.69, 9.17) is 16.3 Å². The quantitative estimate of drug-likeness (QED) is 0.843. The summed E-state index contributed by atoms with van der Waals surface area (Å²) in [6, 6.07) is 7.21. The van der Waals surface area contributed by atoms with Gasteiger partial charge in [-0.3, -0.25) is 4.79 Å². The summed E-state index contributed by atoms with van der Waals surface area (Å²) in [5.41, 5.74) is 0.707. The van der Waals surface area contributed by atoms with Crippen LogP contribution in [0.25, 0.3) is 0 Å². The number of benzene rings is 1. The van der Waals surface area contributed by atoms with Gasteiger partial charge in [-0.1, -0.05) is 25.3 Å². The monoisotopic (exact) mass is 295 g/mol. The van der Waals surface area contributed by atoms with Crippen LogP contribution in [0.15, 0.2) is 24.3 Å². The molecule has 1 amide bonds. The number of carbonyl (C=O) groups is 1. The van der Waals surface area contributed by atoms with E-state index in [-0.39, 0.29) is 11.3 Å². The third kappa shape index (κ3) is 3.66. The van der Waals surface area contributed by atoms with Crippen molar-refractivity contribution in [3.8, 4) is 5.75 Å². The summed E-state index contributed by atoms with van der Waals surface area (Å²) in [6.07, 6.45) is 5.91. The van der Waals surface area contributed by atoms with E-state index in [9.17, 15) is 4.79 Å². The van der Waals surface area contributed by atoms with Gasteiger partial charge in [-0.25, -0.2) is 0 Å². The maximum absolute atomic E-state index is 12.2. The van der Waals surface area contributed by atoms with E-state index in [1.165, 1.54) is 19.3 Å². The fourth-order valence-electron chi connectivity index (χ4n) is 2.79. The standard InChI is InChI=1S/C16H22ClNO2/c1-20-14-7-5-6-13(10-14)15(19)18-12-16(11-17)8-3-2-4-9-16/h5-7,10H,2-4,8-9,11-12H2,1H3,(H,18,19). The number of amides is 1. The molecule has 1 saturated carbocycles. The number of carbonyl (C=O) groups excluding carboxylic acids is 1. The summed E-state index contributed by atoms with van der Waals surface area (Å²) in [5, 5.41) is 3.03. The third-order valence-electron chi connectivity index (χ3n) is 4.15. The molecule has 1 fully saturated rings. The summed E-state index contributed by atoms with van der Waals surface area (Å²) in [4.78, 5) is 12.2. The maximum Gasteiger partial charge on any atom is 0.251 e. The van der Waals surface area contributed by atoms with Gasteiger partial charge in [0.2, 0.25) is 0 Å². The molecule has 0 heterocycles. The number of nitrogens with one attached hydrogen (secondary N) is 1. The first kappa shape index (κ1) is 15.2. The molecule has 20 heavy (non-hydrogen) atoms. The molecule has 0 bridgehead atoms. The van der Waals surface area contributed by atoms with Crippen molar-refractivity contribution in [2.75, 3.05) is 19.5 Å². The molecular weight excluding hydrogens is 274 g/mol. The Balaban J connectivity index is 1.96. The van der Waals surface area contributed by atoms with E-state index < -0.39 is 0 Å². The molecule has 0 radical (unpaired) electrons. The molecule has 0 atom stereocenters. The predicted octanol–water partition coefficient (Wildman–Crippen LogP) is 3.61. The SMILES string of the molecule is COc1cccc(C(=O)NCC2(CCl)CCCCC2)c1. The van der Waals surface area contributed by atoms with Crippen molar-refractivity contribution in [2.24, 2.45) is 5.41 Å². The first-order valence-electron chi connectivity index (χ1n) is 7.17. The van der Waals surface area contributed by atoms with Crippen molar-refractivity contribution in [1.82, 2.24) is 5.32 Å². The second-order valence-electron chi connectivity index (χ2n) is 5.61. The van der Waals surface area contributed by atoms with Gasteiger partial charge >= 0.3 is 0 Å². The van der Waals surface area contributed by atoms with Crippen LogP contribution in [0.3, 0.4) is 0 Å². The summed E-state index contributed by atoms with van der Waals surface area (Å²) < 4.78 is 5.14. The Labute approximate surface area is 125 Å². The minimum atomic E-state index is -0.0565. The van der Waals surface area contributed by atoms with Crippen LogP contribution in [-0.2, 0) is 0 Å². The summed E-state index contributed by atoms with van der Waals surface area (Å²) in [6.45, 7) is 0.659. The maximum atomic E-state index is 12.2. The molecule has 0 saturated heterocycles. The highest BCUT2D eigenvalue weighted by Crippen LogP contribution is 2.36. The van der Waals surface area contributed by atoms with E-state index in [1.54, 1.807) is 19.2 Å². The Morgan fingerprint density at radius 3 is 2.75 bits per heavy atom. The zero-order valence-electron chi connectivity index (χ0n) is 12.0. The van der Waals surface area contributed by atoms with Gasteiger partial charge < -0.3 is 10.1 Å². The Morgan fingerprint density at radius 1 is 1.35 bits per heavy atom. The molecule has 1 N–H and O–H groups in total. The normalized spacial score (nSPS) is 17.5. The van der Waals surface area contributed by atoms with E-state index in [0.29, 0.717) is 23.7 Å². The number of hydrogen-bond donors (Lipinski definition) is 1. The van der Waals surface area contributed by atoms with Gasteiger partial charge in [0.25, 0.3) is 5.91 Å². The number of rotatable bonds is 5. The van der Waals surface area contributed by atoms with Crippen molar-refractivity contribution in [1.29, 1.82) is 0 Å². The minimum absolute atomic E-state index is 0.0565. The minimum Gasteiger partial charge on any atom is -0.497 e. The van der Waals surface area contributed by atoms with Crippen molar-refractivity contribution >= 4 is 17.5 Å². The first-order chi connectivity index (χ1) is 9.69. The van der Waals surface area contributed by atoms with Gasteiger partial charge in [0, 0.05) is 23.4 Å². The smallest absolute Gasteiger partial charge is 0.251 e. The Kier molecular flexibility index (Phi) is 5.30. The van der Waals surface area contributed by atoms with Crippen molar-refractivity contribution in [3.63, 3.8) is 0 Å². The second kappa shape index (κ2) is 6.98. The Morgan fingerprint density at radius 2 is 2.10 bits per heavy atom. The molecule has 2 rings (SSSR count). The van der Waals surface area contributed by atoms with Crippen molar-refractivity contribution in [3.05, 3.63) is 29.8 Å². The summed E-state index contributed by atoms with van der Waals surface area (Å²) in [5.74, 6) is 1.26. The van der Waals surface area contributed by atoms with Crippen molar-refractivity contribution < 1.29 is 9.53 Å². The van der Waals surface area contributed by atoms with E-state index >= 15 is 0 Å². The molecule has 110 valence electrons. The predicted molar refractivity (Wildman–Crippen MR) is 81.6 cm³/mol. The summed E-state index contributed by atoms with van der Waals surface area (Å²) >= 11 is 6.14. The molecule has 1 aromatic rings. The third-order valence-corrected chi connectivity index (χ3v) is 4.72. The molecule has 0 spiro atoms. The highest BCUT2D eigenvalue weighted by Gasteiger charge is 2.31. The molecule has 1 aliphatic rings. The fourth-order valence-corrected chi connectivity index (χ4v) is 3.16. The van der Waals surface area contributed by atoms with Gasteiger partial charge in [-0.05, 0) is 31.0 Å². The first-order valence-corrected chi connectivity index (χ1v) is 7.71. The summed E-state index contributed by atoms with van der Waals surface area (Å²) in [7, 11) is 1.60. The molecule has 1 aliphatic carbocycles. The lowest BCUT2D eigenvalue weighted by molar-refractivity contribution is 0.0920. The van der Waals surface area contributed by atoms with Gasteiger partial charge in [0.1, 0.15) is 5.75 Å². The highest BCUT2D eigenvalue weighted by molar-refractivity contribution is 6.18. The lowest BCUT2D eigenvalue weighted by Crippen LogP contribution is -2.40. The number of halogens is 1. The zero-order chi connectivity index (χ0) is 14.4. The molecule has 0 unspecified atom stereocenters. The number of methoxy groups -OCH3 is 1. The average molecular weight is 296 g/mol. The fraction of sp³-hybridized carbons (Fsp3) is 0.562. The highest BCUT2D eigenvalue weighted by atomic mass is 35.5. The van der Waals surface area contributed by atoms with Crippen LogP contribution in [0.1, 0.15) is 42.5 Å². The van der Waals surface area contributed by atoms with Crippen LogP contribution in [0.4, 0.5) is 0 Å². The lowest BCUT2D eigenvalue weighted by Gasteiger charge is -2.35. The van der Waals surface area contributed by atoms with Gasteiger partial charge in [0.05, 0.1) is 7.11 Å². The van der Waals surface area contributed by atoms with E-state index in [2.05, 4.69) is 5.32 Å². The Hall–Kier alpha value is -1.22. The number of hydrogen-bond acceptors (Lipinski definition) is 2. The lowest BCUT2D eigenvalue weighted by atomic mass is 9.75. The molecule has 0 aromatic heterocycles. The molecule has 3 nitrogen and oxygen atoms in total. The molecular formula is C16H22ClNO2. The van der Waals surface area contributed by atoms with E-state index in [0.717, 1.165) is 12.8 Å². The van der Waals surface area contributed by atoms with Crippen LogP contribution in [0.5, 0.6) is 5.75 Å². The van der Waals surface area contributed by atoms with Crippen LogP contribution in [0, 0.1) is 5.41 Å². The number of ether oxygens (including phenoxy) is 1. The zero-order valence-corrected chi connectivity index (χ0v) is 12.7. The second-order valence-corrected chi connectivity index (χ2v) is 5.88. The van der Waals surface area contributed by atoms with Crippen LogP contribution in [0.2, 0.25) is 0 Å².